The molecule has 1 aliphatic rings. The molecule has 2 aromatic heterocycles. The van der Waals surface area contributed by atoms with Crippen LogP contribution in [0, 0.1) is 0 Å². The first kappa shape index (κ1) is 18.0. The molecule has 3 aromatic rings. The predicted octanol–water partition coefficient (Wildman–Crippen LogP) is 2.63. The van der Waals surface area contributed by atoms with Gasteiger partial charge in [0.2, 0.25) is 0 Å². The first-order valence-electron chi connectivity index (χ1n) is 9.46. The number of hydrogen-bond acceptors (Lipinski definition) is 5. The molecule has 1 saturated heterocycles. The van der Waals surface area contributed by atoms with Crippen LogP contribution in [-0.4, -0.2) is 54.2 Å². The first-order chi connectivity index (χ1) is 13.8. The molecular weight excluding hydrogens is 352 g/mol. The predicted molar refractivity (Wildman–Crippen MR) is 110 cm³/mol. The van der Waals surface area contributed by atoms with Crippen molar-refractivity contribution in [3.63, 3.8) is 0 Å². The van der Waals surface area contributed by atoms with Gasteiger partial charge in [-0.25, -0.2) is 4.98 Å². The molecule has 1 N–H and O–H groups in total. The van der Waals surface area contributed by atoms with E-state index in [1.807, 2.05) is 61.8 Å². The number of aromatic nitrogens is 2. The molecule has 0 radical (unpaired) electrons. The fourth-order valence-electron chi connectivity index (χ4n) is 3.32. The lowest BCUT2D eigenvalue weighted by atomic mass is 10.2. The number of nitrogens with zero attached hydrogens (tertiary/aromatic N) is 5. The molecule has 0 amide bonds. The van der Waals surface area contributed by atoms with Crippen molar-refractivity contribution in [3.8, 4) is 11.3 Å². The Morgan fingerprint density at radius 2 is 1.86 bits per heavy atom. The molecule has 0 unspecified atom stereocenters. The minimum atomic E-state index is 0.573. The second kappa shape index (κ2) is 8.56. The van der Waals surface area contributed by atoms with Gasteiger partial charge in [-0.05, 0) is 12.1 Å². The number of benzene rings is 1. The highest BCUT2D eigenvalue weighted by Crippen LogP contribution is 2.19. The summed E-state index contributed by atoms with van der Waals surface area (Å²) in [6.45, 7) is 4.19. The quantitative estimate of drug-likeness (QED) is 0.558. The first-order valence-corrected chi connectivity index (χ1v) is 9.46. The van der Waals surface area contributed by atoms with Crippen LogP contribution in [0.4, 0.5) is 5.82 Å². The van der Waals surface area contributed by atoms with Crippen molar-refractivity contribution in [1.82, 2.24) is 20.4 Å². The number of anilines is 1. The van der Waals surface area contributed by atoms with E-state index in [1.165, 1.54) is 0 Å². The van der Waals surface area contributed by atoms with E-state index < -0.39 is 0 Å². The average Bonchev–Trinajstić information content (AvgIpc) is 3.25. The van der Waals surface area contributed by atoms with Crippen LogP contribution in [0.3, 0.4) is 0 Å². The van der Waals surface area contributed by atoms with Gasteiger partial charge < -0.3 is 19.6 Å². The molecule has 0 aliphatic carbocycles. The van der Waals surface area contributed by atoms with Crippen LogP contribution in [-0.2, 0) is 6.54 Å². The van der Waals surface area contributed by atoms with E-state index in [-0.39, 0.29) is 0 Å². The van der Waals surface area contributed by atoms with Crippen molar-refractivity contribution in [2.75, 3.05) is 38.1 Å². The number of nitrogens with one attached hydrogen (secondary N) is 1. The van der Waals surface area contributed by atoms with Gasteiger partial charge in [0.1, 0.15) is 11.5 Å². The van der Waals surface area contributed by atoms with Crippen molar-refractivity contribution in [3.05, 3.63) is 66.5 Å². The summed E-state index contributed by atoms with van der Waals surface area (Å²) >= 11 is 0. The van der Waals surface area contributed by atoms with E-state index in [4.69, 9.17) is 4.52 Å². The average molecular weight is 376 g/mol. The van der Waals surface area contributed by atoms with E-state index in [1.54, 1.807) is 0 Å². The minimum Gasteiger partial charge on any atom is -0.356 e. The maximum Gasteiger partial charge on any atom is 0.194 e. The van der Waals surface area contributed by atoms with Gasteiger partial charge in [0.15, 0.2) is 11.7 Å². The molecule has 1 aliphatic heterocycles. The Hall–Kier alpha value is -3.35. The summed E-state index contributed by atoms with van der Waals surface area (Å²) in [4.78, 5) is 13.4. The molecule has 0 bridgehead atoms. The van der Waals surface area contributed by atoms with Gasteiger partial charge >= 0.3 is 0 Å². The van der Waals surface area contributed by atoms with Gasteiger partial charge in [0.25, 0.3) is 0 Å². The molecule has 0 saturated carbocycles. The lowest BCUT2D eigenvalue weighted by molar-refractivity contribution is 0.370. The highest BCUT2D eigenvalue weighted by molar-refractivity contribution is 5.80. The molecule has 28 heavy (non-hydrogen) atoms. The van der Waals surface area contributed by atoms with E-state index >= 15 is 0 Å². The summed E-state index contributed by atoms with van der Waals surface area (Å²) in [5.74, 6) is 2.68. The van der Waals surface area contributed by atoms with Gasteiger partial charge in [0, 0.05) is 51.1 Å². The summed E-state index contributed by atoms with van der Waals surface area (Å²) in [6, 6.07) is 18.0. The zero-order valence-corrected chi connectivity index (χ0v) is 16.0. The van der Waals surface area contributed by atoms with Crippen LogP contribution in [0.5, 0.6) is 0 Å². The fourth-order valence-corrected chi connectivity index (χ4v) is 3.32. The summed E-state index contributed by atoms with van der Waals surface area (Å²) in [7, 11) is 1.81. The van der Waals surface area contributed by atoms with E-state index in [2.05, 4.69) is 36.3 Å². The number of hydrogen-bond donors (Lipinski definition) is 1. The van der Waals surface area contributed by atoms with Crippen molar-refractivity contribution >= 4 is 11.8 Å². The standard InChI is InChI=1S/C21H24N6O/c1-22-21(27-13-11-26(12-14-27)20-9-5-6-10-23-20)24-16-18-15-19(28-25-18)17-7-3-2-4-8-17/h2-10,15H,11-14,16H2,1H3,(H,22,24). The van der Waals surface area contributed by atoms with Crippen molar-refractivity contribution < 1.29 is 4.52 Å². The largest absolute Gasteiger partial charge is 0.356 e. The summed E-state index contributed by atoms with van der Waals surface area (Å²) < 4.78 is 5.47. The third kappa shape index (κ3) is 4.14. The smallest absolute Gasteiger partial charge is 0.194 e. The molecule has 3 heterocycles. The van der Waals surface area contributed by atoms with Crippen molar-refractivity contribution in [2.24, 2.45) is 4.99 Å². The molecule has 4 rings (SSSR count). The summed E-state index contributed by atoms with van der Waals surface area (Å²) in [6.07, 6.45) is 1.84. The van der Waals surface area contributed by atoms with Crippen molar-refractivity contribution in [2.45, 2.75) is 6.54 Å². The monoisotopic (exact) mass is 376 g/mol. The fraction of sp³-hybridized carbons (Fsp3) is 0.286. The van der Waals surface area contributed by atoms with Crippen LogP contribution < -0.4 is 10.2 Å². The van der Waals surface area contributed by atoms with Gasteiger partial charge in [-0.2, -0.15) is 0 Å². The normalized spacial score (nSPS) is 15.0. The molecule has 7 nitrogen and oxygen atoms in total. The topological polar surface area (TPSA) is 69.8 Å². The Bertz CT molecular complexity index is 901. The van der Waals surface area contributed by atoms with Gasteiger partial charge in [-0.1, -0.05) is 41.6 Å². The van der Waals surface area contributed by atoms with Gasteiger partial charge in [0.05, 0.1) is 6.54 Å². The molecule has 7 heteroatoms. The lowest BCUT2D eigenvalue weighted by Gasteiger charge is -2.37. The van der Waals surface area contributed by atoms with E-state index in [0.717, 1.165) is 55.0 Å². The molecule has 144 valence electrons. The summed E-state index contributed by atoms with van der Waals surface area (Å²) in [5.41, 5.74) is 1.88. The Balaban J connectivity index is 1.32. The highest BCUT2D eigenvalue weighted by atomic mass is 16.5. The molecule has 1 fully saturated rings. The van der Waals surface area contributed by atoms with Crippen LogP contribution >= 0.6 is 0 Å². The minimum absolute atomic E-state index is 0.573. The maximum absolute atomic E-state index is 5.47. The van der Waals surface area contributed by atoms with Gasteiger partial charge in [-0.15, -0.1) is 0 Å². The van der Waals surface area contributed by atoms with Crippen LogP contribution in [0.25, 0.3) is 11.3 Å². The molecular formula is C21H24N6O. The van der Waals surface area contributed by atoms with E-state index in [9.17, 15) is 0 Å². The maximum atomic E-state index is 5.47. The zero-order chi connectivity index (χ0) is 19.2. The third-order valence-corrected chi connectivity index (χ3v) is 4.81. The highest BCUT2D eigenvalue weighted by Gasteiger charge is 2.20. The third-order valence-electron chi connectivity index (χ3n) is 4.81. The summed E-state index contributed by atoms with van der Waals surface area (Å²) in [5, 5.41) is 7.56. The number of guanidine groups is 1. The van der Waals surface area contributed by atoms with Crippen LogP contribution in [0.15, 0.2) is 70.3 Å². The Kier molecular flexibility index (Phi) is 5.51. The van der Waals surface area contributed by atoms with Crippen LogP contribution in [0.2, 0.25) is 0 Å². The zero-order valence-electron chi connectivity index (χ0n) is 16.0. The Morgan fingerprint density at radius 3 is 2.57 bits per heavy atom. The molecule has 0 spiro atoms. The second-order valence-electron chi connectivity index (χ2n) is 6.61. The van der Waals surface area contributed by atoms with Crippen LogP contribution in [0.1, 0.15) is 5.69 Å². The van der Waals surface area contributed by atoms with Crippen molar-refractivity contribution in [1.29, 1.82) is 0 Å². The van der Waals surface area contributed by atoms with Gasteiger partial charge in [-0.3, -0.25) is 4.99 Å². The lowest BCUT2D eigenvalue weighted by Crippen LogP contribution is -2.52. The second-order valence-corrected chi connectivity index (χ2v) is 6.61. The number of piperazine rings is 1. The number of pyridine rings is 1. The SMILES string of the molecule is CN=C(NCc1cc(-c2ccccc2)on1)N1CCN(c2ccccn2)CC1. The molecule has 1 aromatic carbocycles. The molecule has 0 atom stereocenters. The Morgan fingerprint density at radius 1 is 1.07 bits per heavy atom. The number of aliphatic imine (C=N–C) groups is 1. The number of rotatable bonds is 4. The Labute approximate surface area is 164 Å². The van der Waals surface area contributed by atoms with E-state index in [0.29, 0.717) is 6.54 Å².